The molecule has 0 aliphatic rings. The maximum Gasteiger partial charge on any atom is 0.238 e. The van der Waals surface area contributed by atoms with E-state index >= 15 is 0 Å². The first kappa shape index (κ1) is 12.8. The highest BCUT2D eigenvalue weighted by atomic mass is 32.2. The quantitative estimate of drug-likeness (QED) is 0.776. The number of primary sulfonamides is 1. The molecule has 0 heterocycles. The van der Waals surface area contributed by atoms with E-state index in [9.17, 15) is 8.42 Å². The predicted octanol–water partition coefficient (Wildman–Crippen LogP) is 1.01. The fourth-order valence-electron chi connectivity index (χ4n) is 1.35. The van der Waals surface area contributed by atoms with Crippen molar-refractivity contribution in [3.05, 3.63) is 17.7 Å². The van der Waals surface area contributed by atoms with Crippen LogP contribution in [-0.4, -0.2) is 14.5 Å². The molecule has 0 amide bonds. The summed E-state index contributed by atoms with van der Waals surface area (Å²) in [4.78, 5) is 0.00292. The Morgan fingerprint density at radius 2 is 1.88 bits per heavy atom. The Hall–Kier alpha value is -1.27. The third-order valence-electron chi connectivity index (χ3n) is 2.00. The summed E-state index contributed by atoms with van der Waals surface area (Å²) in [7, 11) is -3.77. The largest absolute Gasteiger partial charge is 0.491 e. The lowest BCUT2D eigenvalue weighted by molar-refractivity contribution is 0.240. The molecule has 0 fully saturated rings. The second-order valence-corrected chi connectivity index (χ2v) is 5.38. The first-order chi connectivity index (χ1) is 7.21. The molecule has 4 N–H and O–H groups in total. The van der Waals surface area contributed by atoms with Crippen molar-refractivity contribution in [2.45, 2.75) is 31.8 Å². The van der Waals surface area contributed by atoms with Crippen LogP contribution in [0.15, 0.2) is 17.0 Å². The van der Waals surface area contributed by atoms with Crippen LogP contribution in [0.1, 0.15) is 19.4 Å². The highest BCUT2D eigenvalue weighted by molar-refractivity contribution is 7.89. The molecular weight excluding hydrogens is 228 g/mol. The average molecular weight is 244 g/mol. The summed E-state index contributed by atoms with van der Waals surface area (Å²) in [5, 5.41) is 5.09. The van der Waals surface area contributed by atoms with Gasteiger partial charge in [-0.25, -0.2) is 13.6 Å². The Morgan fingerprint density at radius 1 is 1.31 bits per heavy atom. The second-order valence-electron chi connectivity index (χ2n) is 3.85. The molecule has 0 saturated heterocycles. The molecule has 0 atom stereocenters. The molecule has 0 aliphatic heterocycles. The highest BCUT2D eigenvalue weighted by Gasteiger charge is 2.16. The van der Waals surface area contributed by atoms with Crippen LogP contribution in [0.3, 0.4) is 0 Å². The minimum Gasteiger partial charge on any atom is -0.491 e. The van der Waals surface area contributed by atoms with Gasteiger partial charge in [0.25, 0.3) is 0 Å². The molecule has 1 aromatic rings. The number of sulfonamides is 1. The maximum absolute atomic E-state index is 11.3. The summed E-state index contributed by atoms with van der Waals surface area (Å²) in [5.41, 5.74) is 6.39. The predicted molar refractivity (Wildman–Crippen MR) is 62.7 cm³/mol. The summed E-state index contributed by atoms with van der Waals surface area (Å²) in [5.74, 6) is 0.444. The molecule has 0 spiro atoms. The number of anilines is 1. The first-order valence-electron chi connectivity index (χ1n) is 4.81. The van der Waals surface area contributed by atoms with E-state index in [0.29, 0.717) is 17.0 Å². The Labute approximate surface area is 95.4 Å². The van der Waals surface area contributed by atoms with E-state index < -0.39 is 10.0 Å². The normalized spacial score (nSPS) is 11.8. The third-order valence-corrected chi connectivity index (χ3v) is 3.04. The summed E-state index contributed by atoms with van der Waals surface area (Å²) >= 11 is 0. The summed E-state index contributed by atoms with van der Waals surface area (Å²) in [6, 6.07) is 2.92. The van der Waals surface area contributed by atoms with E-state index in [-0.39, 0.29) is 11.0 Å². The van der Waals surface area contributed by atoms with Crippen molar-refractivity contribution >= 4 is 15.7 Å². The van der Waals surface area contributed by atoms with Crippen molar-refractivity contribution in [3.8, 4) is 5.75 Å². The van der Waals surface area contributed by atoms with E-state index in [0.717, 1.165) is 0 Å². The fourth-order valence-corrected chi connectivity index (χ4v) is 2.18. The van der Waals surface area contributed by atoms with E-state index in [1.807, 2.05) is 13.8 Å². The fraction of sp³-hybridized carbons (Fsp3) is 0.400. The average Bonchev–Trinajstić information content (AvgIpc) is 2.07. The zero-order valence-corrected chi connectivity index (χ0v) is 10.3. The van der Waals surface area contributed by atoms with Crippen molar-refractivity contribution < 1.29 is 13.2 Å². The van der Waals surface area contributed by atoms with Crippen molar-refractivity contribution in [2.75, 3.05) is 5.73 Å². The van der Waals surface area contributed by atoms with E-state index in [4.69, 9.17) is 15.6 Å². The van der Waals surface area contributed by atoms with Gasteiger partial charge in [-0.1, -0.05) is 0 Å². The Bertz CT molecular complexity index is 495. The van der Waals surface area contributed by atoms with Crippen LogP contribution in [0.4, 0.5) is 5.69 Å². The van der Waals surface area contributed by atoms with Crippen LogP contribution in [0.5, 0.6) is 5.75 Å². The van der Waals surface area contributed by atoms with E-state index in [1.54, 1.807) is 13.0 Å². The van der Waals surface area contributed by atoms with Gasteiger partial charge in [0.15, 0.2) is 0 Å². The summed E-state index contributed by atoms with van der Waals surface area (Å²) in [6.45, 7) is 5.33. The van der Waals surface area contributed by atoms with Gasteiger partial charge in [0.1, 0.15) is 5.75 Å². The number of hydrogen-bond donors (Lipinski definition) is 2. The summed E-state index contributed by atoms with van der Waals surface area (Å²) < 4.78 is 28.1. The van der Waals surface area contributed by atoms with Crippen molar-refractivity contribution in [1.82, 2.24) is 0 Å². The van der Waals surface area contributed by atoms with Crippen LogP contribution in [0, 0.1) is 6.92 Å². The van der Waals surface area contributed by atoms with E-state index in [1.165, 1.54) is 6.07 Å². The molecule has 16 heavy (non-hydrogen) atoms. The van der Waals surface area contributed by atoms with Crippen LogP contribution in [0.25, 0.3) is 0 Å². The first-order valence-corrected chi connectivity index (χ1v) is 6.36. The minimum atomic E-state index is -3.77. The number of ether oxygens (including phenoxy) is 1. The van der Waals surface area contributed by atoms with Gasteiger partial charge in [0, 0.05) is 17.3 Å². The van der Waals surface area contributed by atoms with Gasteiger partial charge in [-0.2, -0.15) is 0 Å². The van der Waals surface area contributed by atoms with Gasteiger partial charge in [-0.3, -0.25) is 0 Å². The van der Waals surface area contributed by atoms with Crippen LogP contribution in [0.2, 0.25) is 0 Å². The number of hydrogen-bond acceptors (Lipinski definition) is 4. The Kier molecular flexibility index (Phi) is 3.44. The monoisotopic (exact) mass is 244 g/mol. The van der Waals surface area contributed by atoms with Gasteiger partial charge in [-0.05, 0) is 26.8 Å². The number of nitrogens with two attached hydrogens (primary N) is 2. The molecule has 0 aromatic heterocycles. The third kappa shape index (κ3) is 2.86. The van der Waals surface area contributed by atoms with E-state index in [2.05, 4.69) is 0 Å². The SMILES string of the molecule is Cc1c(OC(C)C)cc(N)cc1S(N)(=O)=O. The second kappa shape index (κ2) is 4.31. The van der Waals surface area contributed by atoms with Gasteiger partial charge in [-0.15, -0.1) is 0 Å². The molecular formula is C10H16N2O3S. The molecule has 5 nitrogen and oxygen atoms in total. The Morgan fingerprint density at radius 3 is 2.31 bits per heavy atom. The lowest BCUT2D eigenvalue weighted by atomic mass is 10.2. The zero-order chi connectivity index (χ0) is 12.5. The molecule has 0 radical (unpaired) electrons. The van der Waals surface area contributed by atoms with Crippen LogP contribution in [-0.2, 0) is 10.0 Å². The molecule has 90 valence electrons. The van der Waals surface area contributed by atoms with Crippen LogP contribution >= 0.6 is 0 Å². The minimum absolute atomic E-state index is 0.00292. The van der Waals surface area contributed by atoms with Gasteiger partial charge >= 0.3 is 0 Å². The smallest absolute Gasteiger partial charge is 0.238 e. The maximum atomic E-state index is 11.3. The molecule has 6 heteroatoms. The molecule has 0 saturated carbocycles. The number of rotatable bonds is 3. The summed E-state index contributed by atoms with van der Waals surface area (Å²) in [6.07, 6.45) is -0.0613. The zero-order valence-electron chi connectivity index (χ0n) is 9.52. The molecule has 1 aromatic carbocycles. The topological polar surface area (TPSA) is 95.4 Å². The number of nitrogen functional groups attached to an aromatic ring is 1. The van der Waals surface area contributed by atoms with Crippen molar-refractivity contribution in [3.63, 3.8) is 0 Å². The lowest BCUT2D eigenvalue weighted by Gasteiger charge is -2.15. The van der Waals surface area contributed by atoms with Crippen LogP contribution < -0.4 is 15.6 Å². The molecule has 0 bridgehead atoms. The lowest BCUT2D eigenvalue weighted by Crippen LogP contribution is -2.16. The molecule has 0 unspecified atom stereocenters. The van der Waals surface area contributed by atoms with Crippen molar-refractivity contribution in [1.29, 1.82) is 0 Å². The van der Waals surface area contributed by atoms with Crippen molar-refractivity contribution in [2.24, 2.45) is 5.14 Å². The molecule has 1 rings (SSSR count). The number of benzene rings is 1. The van der Waals surface area contributed by atoms with Gasteiger partial charge in [0.05, 0.1) is 11.0 Å². The van der Waals surface area contributed by atoms with Gasteiger partial charge in [0.2, 0.25) is 10.0 Å². The highest BCUT2D eigenvalue weighted by Crippen LogP contribution is 2.28. The standard InChI is InChI=1S/C10H16N2O3S/c1-6(2)15-9-4-8(11)5-10(7(9)3)16(12,13)14/h4-6H,11H2,1-3H3,(H2,12,13,14). The molecule has 0 aliphatic carbocycles. The Balaban J connectivity index is 3.38. The van der Waals surface area contributed by atoms with Gasteiger partial charge < -0.3 is 10.5 Å².